The van der Waals surface area contributed by atoms with Crippen molar-refractivity contribution in [3.05, 3.63) is 71.3 Å². The minimum atomic E-state index is -1.83. The monoisotopic (exact) mass is 537 g/mol. The van der Waals surface area contributed by atoms with Crippen LogP contribution in [0, 0.1) is 11.8 Å². The summed E-state index contributed by atoms with van der Waals surface area (Å²) in [5, 5.41) is 23.0. The highest BCUT2D eigenvalue weighted by Gasteiger charge is 2.27. The molecule has 9 heteroatoms. The van der Waals surface area contributed by atoms with E-state index in [-0.39, 0.29) is 30.3 Å². The minimum absolute atomic E-state index is 0.0251. The summed E-state index contributed by atoms with van der Waals surface area (Å²) in [4.78, 5) is 34.0. The molecule has 0 spiro atoms. The fourth-order valence-electron chi connectivity index (χ4n) is 4.51. The van der Waals surface area contributed by atoms with E-state index in [9.17, 15) is 9.59 Å². The molecule has 0 radical (unpaired) electrons. The molecule has 9 nitrogen and oxygen atoms in total. The van der Waals surface area contributed by atoms with Gasteiger partial charge in [-0.05, 0) is 41.5 Å². The molecule has 2 amide bonds. The third-order valence-corrected chi connectivity index (χ3v) is 7.05. The fourth-order valence-corrected chi connectivity index (χ4v) is 4.51. The van der Waals surface area contributed by atoms with Gasteiger partial charge in [-0.2, -0.15) is 0 Å². The summed E-state index contributed by atoms with van der Waals surface area (Å²) < 4.78 is 5.54. The first-order chi connectivity index (χ1) is 18.8. The molecule has 0 saturated heterocycles. The summed E-state index contributed by atoms with van der Waals surface area (Å²) in [7, 11) is 0. The Morgan fingerprint density at radius 2 is 1.74 bits per heavy atom. The third kappa shape index (κ3) is 9.74. The quantitative estimate of drug-likeness (QED) is 0.309. The number of hydrazone groups is 1. The average molecular weight is 538 g/mol. The minimum Gasteiger partial charge on any atom is -0.466 e. The van der Waals surface area contributed by atoms with Crippen LogP contribution in [-0.4, -0.2) is 52.2 Å². The van der Waals surface area contributed by atoms with E-state index in [4.69, 9.17) is 19.7 Å². The number of benzene rings is 2. The van der Waals surface area contributed by atoms with E-state index in [1.165, 1.54) is 30.7 Å². The van der Waals surface area contributed by atoms with Gasteiger partial charge in [-0.25, -0.2) is 9.80 Å². The summed E-state index contributed by atoms with van der Waals surface area (Å²) in [5.74, 6) is 1.40. The van der Waals surface area contributed by atoms with E-state index in [0.717, 1.165) is 42.0 Å². The maximum absolute atomic E-state index is 13.1. The number of rotatable bonds is 12. The lowest BCUT2D eigenvalue weighted by atomic mass is 9.84. The first-order valence-corrected chi connectivity index (χ1v) is 13.6. The number of carbonyl (C=O) groups excluding carboxylic acids is 2. The highest BCUT2D eigenvalue weighted by atomic mass is 16.6. The molecule has 2 aliphatic rings. The van der Waals surface area contributed by atoms with Crippen molar-refractivity contribution in [2.75, 3.05) is 13.2 Å². The van der Waals surface area contributed by atoms with Gasteiger partial charge in [0.15, 0.2) is 6.61 Å². The number of hydrogen-bond acceptors (Lipinski definition) is 5. The molecule has 4 rings (SSSR count). The molecular weight excluding hydrogens is 498 g/mol. The molecule has 2 aromatic carbocycles. The zero-order valence-corrected chi connectivity index (χ0v) is 22.7. The smallest absolute Gasteiger partial charge is 0.466 e. The van der Waals surface area contributed by atoms with Gasteiger partial charge in [0.1, 0.15) is 0 Å². The lowest BCUT2D eigenvalue weighted by Crippen LogP contribution is -2.36. The number of nitrogens with zero attached hydrogens (tertiary/aromatic N) is 2. The molecule has 3 N–H and O–H groups in total. The van der Waals surface area contributed by atoms with Gasteiger partial charge in [0, 0.05) is 12.1 Å². The second-order valence-corrected chi connectivity index (χ2v) is 10.1. The molecular formula is C30H39N3O6. The summed E-state index contributed by atoms with van der Waals surface area (Å²) in [6.45, 7) is 5.35. The lowest BCUT2D eigenvalue weighted by Gasteiger charge is -2.25. The number of carboxylic acid groups (broad SMARTS) is 2. The molecule has 2 atom stereocenters. The van der Waals surface area contributed by atoms with Crippen molar-refractivity contribution < 1.29 is 29.3 Å². The number of unbranched alkanes of at least 4 members (excludes halogenated alkanes) is 1. The Morgan fingerprint density at radius 3 is 2.36 bits per heavy atom. The molecule has 210 valence electrons. The molecule has 0 bridgehead atoms. The lowest BCUT2D eigenvalue weighted by molar-refractivity contribution is -0.136. The molecule has 2 aromatic rings. The van der Waals surface area contributed by atoms with Crippen LogP contribution in [0.15, 0.2) is 59.7 Å². The standard InChI is InChI=1S/C29H37N3O3.CH2O3/c1-3-21(2)27(28(34)30-18-8-7-9-22-12-13-22)24-16-14-23(15-17-24)19-32-26(33)20-35-29(31-32)25-10-5-4-6-11-25;2-1(3)4/h4-6,10-11,14-17,21-22,27H,3,7-9,12-13,18-20H2,1-2H3,(H,30,34);(H2,2,3,4). The molecule has 0 aromatic heterocycles. The van der Waals surface area contributed by atoms with Crippen molar-refractivity contribution in [1.29, 1.82) is 0 Å². The Labute approximate surface area is 229 Å². The van der Waals surface area contributed by atoms with Crippen LogP contribution in [-0.2, 0) is 20.9 Å². The number of hydrogen-bond donors (Lipinski definition) is 3. The van der Waals surface area contributed by atoms with Crippen LogP contribution in [0.25, 0.3) is 0 Å². The van der Waals surface area contributed by atoms with Gasteiger partial charge in [0.25, 0.3) is 5.91 Å². The number of ether oxygens (including phenoxy) is 1. The number of carbonyl (C=O) groups is 3. The van der Waals surface area contributed by atoms with Gasteiger partial charge < -0.3 is 20.3 Å². The Kier molecular flexibility index (Phi) is 11.3. The first-order valence-electron chi connectivity index (χ1n) is 13.6. The maximum atomic E-state index is 13.1. The topological polar surface area (TPSA) is 129 Å². The summed E-state index contributed by atoms with van der Waals surface area (Å²) in [5.41, 5.74) is 2.82. The second kappa shape index (κ2) is 14.9. The van der Waals surface area contributed by atoms with Crippen molar-refractivity contribution in [3.8, 4) is 0 Å². The second-order valence-electron chi connectivity index (χ2n) is 10.1. The molecule has 1 saturated carbocycles. The molecule has 1 heterocycles. The average Bonchev–Trinajstić information content (AvgIpc) is 3.75. The number of amides is 2. The van der Waals surface area contributed by atoms with Gasteiger partial charge in [0.2, 0.25) is 11.8 Å². The van der Waals surface area contributed by atoms with Crippen LogP contribution in [0.1, 0.15) is 75.0 Å². The summed E-state index contributed by atoms with van der Waals surface area (Å²) in [6.07, 6.45) is 5.42. The molecule has 2 unspecified atom stereocenters. The Balaban J connectivity index is 0.000000983. The molecule has 39 heavy (non-hydrogen) atoms. The normalized spacial score (nSPS) is 16.2. The van der Waals surface area contributed by atoms with Gasteiger partial charge in [-0.15, -0.1) is 5.10 Å². The largest absolute Gasteiger partial charge is 0.503 e. The van der Waals surface area contributed by atoms with Crippen molar-refractivity contribution in [3.63, 3.8) is 0 Å². The zero-order chi connectivity index (χ0) is 28.2. The predicted octanol–water partition coefficient (Wildman–Crippen LogP) is 5.46. The van der Waals surface area contributed by atoms with Gasteiger partial charge >= 0.3 is 6.16 Å². The summed E-state index contributed by atoms with van der Waals surface area (Å²) in [6, 6.07) is 17.6. The third-order valence-electron chi connectivity index (χ3n) is 7.05. The van der Waals surface area contributed by atoms with Crippen LogP contribution in [0.4, 0.5) is 4.79 Å². The van der Waals surface area contributed by atoms with Crippen LogP contribution in [0.5, 0.6) is 0 Å². The molecule has 1 aliphatic heterocycles. The van der Waals surface area contributed by atoms with Crippen LogP contribution < -0.4 is 5.32 Å². The maximum Gasteiger partial charge on any atom is 0.503 e. The Hall–Kier alpha value is -3.88. The zero-order valence-electron chi connectivity index (χ0n) is 22.7. The van der Waals surface area contributed by atoms with Crippen LogP contribution >= 0.6 is 0 Å². The molecule has 1 fully saturated rings. The van der Waals surface area contributed by atoms with Crippen molar-refractivity contribution in [2.24, 2.45) is 16.9 Å². The molecule has 1 aliphatic carbocycles. The van der Waals surface area contributed by atoms with E-state index in [1.807, 2.05) is 54.6 Å². The van der Waals surface area contributed by atoms with E-state index >= 15 is 0 Å². The van der Waals surface area contributed by atoms with Gasteiger partial charge in [-0.1, -0.05) is 88.4 Å². The van der Waals surface area contributed by atoms with Crippen LogP contribution in [0.3, 0.4) is 0 Å². The van der Waals surface area contributed by atoms with Crippen LogP contribution in [0.2, 0.25) is 0 Å². The highest BCUT2D eigenvalue weighted by Crippen LogP contribution is 2.33. The van der Waals surface area contributed by atoms with Crippen molar-refractivity contribution in [2.45, 2.75) is 64.8 Å². The van der Waals surface area contributed by atoms with Gasteiger partial charge in [0.05, 0.1) is 12.5 Å². The summed E-state index contributed by atoms with van der Waals surface area (Å²) >= 11 is 0. The van der Waals surface area contributed by atoms with Crippen molar-refractivity contribution >= 4 is 23.9 Å². The number of nitrogens with one attached hydrogen (secondary N) is 1. The van der Waals surface area contributed by atoms with E-state index in [1.54, 1.807) is 0 Å². The highest BCUT2D eigenvalue weighted by molar-refractivity contribution is 5.97. The van der Waals surface area contributed by atoms with E-state index in [0.29, 0.717) is 12.4 Å². The fraction of sp³-hybridized carbons (Fsp3) is 0.467. The van der Waals surface area contributed by atoms with Gasteiger partial charge in [-0.3, -0.25) is 9.59 Å². The SMILES string of the molecule is CCC(C)C(C(=O)NCCCCC1CC1)c1ccc(CN2N=C(c3ccccc3)OCC2=O)cc1.O=C(O)O. The first kappa shape index (κ1) is 29.7. The van der Waals surface area contributed by atoms with Crippen molar-refractivity contribution in [1.82, 2.24) is 10.3 Å². The Bertz CT molecular complexity index is 1110. The van der Waals surface area contributed by atoms with E-state index in [2.05, 4.69) is 24.3 Å². The Morgan fingerprint density at radius 1 is 1.08 bits per heavy atom. The predicted molar refractivity (Wildman–Crippen MR) is 148 cm³/mol. The van der Waals surface area contributed by atoms with E-state index < -0.39 is 6.16 Å².